The number of fused-ring (bicyclic) bond motifs is 1. The maximum atomic E-state index is 14.1. The Labute approximate surface area is 240 Å². The van der Waals surface area contributed by atoms with Crippen molar-refractivity contribution in [1.29, 1.82) is 0 Å². The number of rotatable bonds is 8. The summed E-state index contributed by atoms with van der Waals surface area (Å²) in [5.41, 5.74) is 2.60. The topological polar surface area (TPSA) is 79.1 Å². The Morgan fingerprint density at radius 1 is 1.02 bits per heavy atom. The van der Waals surface area contributed by atoms with Crippen LogP contribution in [0.1, 0.15) is 36.6 Å². The Bertz CT molecular complexity index is 1760. The second kappa shape index (κ2) is 11.9. The van der Waals surface area contributed by atoms with Crippen molar-refractivity contribution < 1.29 is 19.0 Å². The summed E-state index contributed by atoms with van der Waals surface area (Å²) in [6, 6.07) is 21.3. The Morgan fingerprint density at radius 2 is 1.77 bits per heavy atom. The molecule has 0 spiro atoms. The molecule has 0 saturated heterocycles. The van der Waals surface area contributed by atoms with Crippen LogP contribution < -0.4 is 24.4 Å². The van der Waals surface area contributed by atoms with Crippen LogP contribution in [-0.4, -0.2) is 30.9 Å². The van der Waals surface area contributed by atoms with Crippen LogP contribution in [0.15, 0.2) is 88.2 Å². The van der Waals surface area contributed by atoms with Gasteiger partial charge >= 0.3 is 5.97 Å². The van der Waals surface area contributed by atoms with Gasteiger partial charge in [0.05, 0.1) is 42.2 Å². The standard InChI is InChI=1S/C31H27ClN2O5S/c1-4-38-28-21(12-9-13-23(28)37-3)18-24-29(35)34-27(20-14-16-22(32)17-15-20)25(30(36)39-5-2)26(33-31(34)40-24)19-10-7-6-8-11-19/h6-18,27H,4-5H2,1-3H3/b24-18-/t27-/m0/s1. The average Bonchev–Trinajstić information content (AvgIpc) is 3.28. The highest BCUT2D eigenvalue weighted by Crippen LogP contribution is 2.36. The number of ether oxygens (including phenoxy) is 3. The molecule has 1 aliphatic heterocycles. The number of aromatic nitrogens is 1. The lowest BCUT2D eigenvalue weighted by molar-refractivity contribution is -0.138. The van der Waals surface area contributed by atoms with Gasteiger partial charge in [-0.15, -0.1) is 0 Å². The van der Waals surface area contributed by atoms with Crippen LogP contribution in [0, 0.1) is 0 Å². The molecule has 2 heterocycles. The van der Waals surface area contributed by atoms with E-state index in [4.69, 9.17) is 30.8 Å². The van der Waals surface area contributed by atoms with Crippen LogP contribution in [0.2, 0.25) is 5.02 Å². The minimum absolute atomic E-state index is 0.179. The molecular formula is C31H27ClN2O5S. The molecule has 1 aliphatic rings. The molecule has 0 bridgehead atoms. The van der Waals surface area contributed by atoms with Crippen LogP contribution in [0.3, 0.4) is 0 Å². The summed E-state index contributed by atoms with van der Waals surface area (Å²) >= 11 is 7.44. The molecule has 0 amide bonds. The Hall–Kier alpha value is -4.14. The average molecular weight is 575 g/mol. The van der Waals surface area contributed by atoms with Crippen molar-refractivity contribution in [3.63, 3.8) is 0 Å². The molecule has 0 N–H and O–H groups in total. The van der Waals surface area contributed by atoms with Gasteiger partial charge in [-0.25, -0.2) is 9.79 Å². The molecular weight excluding hydrogens is 548 g/mol. The number of benzene rings is 3. The van der Waals surface area contributed by atoms with E-state index in [1.807, 2.05) is 67.6 Å². The van der Waals surface area contributed by atoms with Crippen molar-refractivity contribution in [2.75, 3.05) is 20.3 Å². The molecule has 40 heavy (non-hydrogen) atoms. The number of esters is 1. The second-order valence-electron chi connectivity index (χ2n) is 8.79. The molecule has 0 unspecified atom stereocenters. The van der Waals surface area contributed by atoms with E-state index in [1.165, 1.54) is 11.3 Å². The quantitative estimate of drug-likeness (QED) is 0.277. The minimum atomic E-state index is -0.776. The van der Waals surface area contributed by atoms with Gasteiger partial charge in [0, 0.05) is 16.1 Å². The van der Waals surface area contributed by atoms with E-state index in [0.717, 1.165) is 5.56 Å². The zero-order chi connectivity index (χ0) is 28.2. The fraction of sp³-hybridized carbons (Fsp3) is 0.194. The number of nitrogens with zero attached hydrogens (tertiary/aromatic N) is 2. The summed E-state index contributed by atoms with van der Waals surface area (Å²) in [5.74, 6) is 0.578. The number of hydrogen-bond acceptors (Lipinski definition) is 7. The van der Waals surface area contributed by atoms with E-state index in [2.05, 4.69) is 0 Å². The lowest BCUT2D eigenvalue weighted by Crippen LogP contribution is -2.40. The van der Waals surface area contributed by atoms with Crippen molar-refractivity contribution in [2.45, 2.75) is 19.9 Å². The molecule has 0 fully saturated rings. The van der Waals surface area contributed by atoms with E-state index in [-0.39, 0.29) is 17.7 Å². The van der Waals surface area contributed by atoms with Gasteiger partial charge in [0.25, 0.3) is 5.56 Å². The van der Waals surface area contributed by atoms with E-state index < -0.39 is 12.0 Å². The zero-order valence-corrected chi connectivity index (χ0v) is 23.8. The first-order valence-electron chi connectivity index (χ1n) is 12.8. The molecule has 1 aromatic heterocycles. The number of para-hydroxylation sites is 1. The number of methoxy groups -OCH3 is 1. The Balaban J connectivity index is 1.82. The van der Waals surface area contributed by atoms with Gasteiger partial charge in [-0.3, -0.25) is 9.36 Å². The van der Waals surface area contributed by atoms with Crippen LogP contribution in [0.5, 0.6) is 11.5 Å². The first kappa shape index (κ1) is 27.4. The molecule has 1 atom stereocenters. The van der Waals surface area contributed by atoms with Crippen LogP contribution in [0.4, 0.5) is 0 Å². The number of thiazole rings is 1. The normalized spacial score (nSPS) is 14.9. The molecule has 7 nitrogen and oxygen atoms in total. The molecule has 204 valence electrons. The zero-order valence-electron chi connectivity index (χ0n) is 22.2. The molecule has 9 heteroatoms. The maximum absolute atomic E-state index is 14.1. The summed E-state index contributed by atoms with van der Waals surface area (Å²) in [4.78, 5) is 32.9. The first-order valence-corrected chi connectivity index (χ1v) is 14.0. The molecule has 0 saturated carbocycles. The molecule has 5 rings (SSSR count). The van der Waals surface area contributed by atoms with Gasteiger partial charge in [-0.2, -0.15) is 0 Å². The van der Waals surface area contributed by atoms with Gasteiger partial charge in [0.15, 0.2) is 16.3 Å². The molecule has 3 aromatic carbocycles. The third-order valence-corrected chi connectivity index (χ3v) is 7.60. The third kappa shape index (κ3) is 5.20. The van der Waals surface area contributed by atoms with Crippen LogP contribution in [-0.2, 0) is 9.53 Å². The van der Waals surface area contributed by atoms with Gasteiger partial charge in [-0.1, -0.05) is 77.5 Å². The SMILES string of the molecule is CCOC(=O)C1=C(c2ccccc2)N=c2s/c(=C\c3cccc(OC)c3OCC)c(=O)n2[C@H]1c1ccc(Cl)cc1. The van der Waals surface area contributed by atoms with E-state index in [9.17, 15) is 9.59 Å². The Kier molecular flexibility index (Phi) is 8.19. The third-order valence-electron chi connectivity index (χ3n) is 6.36. The van der Waals surface area contributed by atoms with Gasteiger partial charge in [0.2, 0.25) is 0 Å². The lowest BCUT2D eigenvalue weighted by Gasteiger charge is -2.26. The van der Waals surface area contributed by atoms with E-state index >= 15 is 0 Å². The van der Waals surface area contributed by atoms with Gasteiger partial charge < -0.3 is 14.2 Å². The molecule has 0 radical (unpaired) electrons. The molecule has 4 aromatic rings. The largest absolute Gasteiger partial charge is 0.493 e. The Morgan fingerprint density at radius 3 is 2.45 bits per heavy atom. The fourth-order valence-corrected chi connectivity index (χ4v) is 5.77. The monoisotopic (exact) mass is 574 g/mol. The van der Waals surface area contributed by atoms with Crippen LogP contribution >= 0.6 is 22.9 Å². The van der Waals surface area contributed by atoms with Crippen molar-refractivity contribution in [1.82, 2.24) is 4.57 Å². The van der Waals surface area contributed by atoms with Crippen molar-refractivity contribution in [2.24, 2.45) is 4.99 Å². The van der Waals surface area contributed by atoms with Crippen molar-refractivity contribution >= 4 is 40.7 Å². The summed E-state index contributed by atoms with van der Waals surface area (Å²) in [6.07, 6.45) is 1.77. The van der Waals surface area contributed by atoms with Gasteiger partial charge in [0.1, 0.15) is 0 Å². The number of halogens is 1. The summed E-state index contributed by atoms with van der Waals surface area (Å²) in [6.45, 7) is 4.25. The van der Waals surface area contributed by atoms with E-state index in [0.29, 0.717) is 49.3 Å². The fourth-order valence-electron chi connectivity index (χ4n) is 4.65. The molecule has 0 aliphatic carbocycles. The number of carbonyl (C=O) groups is 1. The maximum Gasteiger partial charge on any atom is 0.338 e. The van der Waals surface area contributed by atoms with Gasteiger partial charge in [-0.05, 0) is 43.7 Å². The van der Waals surface area contributed by atoms with Crippen molar-refractivity contribution in [3.05, 3.63) is 120 Å². The highest BCUT2D eigenvalue weighted by Gasteiger charge is 2.35. The highest BCUT2D eigenvalue weighted by molar-refractivity contribution is 7.07. The summed E-state index contributed by atoms with van der Waals surface area (Å²) in [7, 11) is 1.57. The number of hydrogen-bond donors (Lipinski definition) is 0. The summed E-state index contributed by atoms with van der Waals surface area (Å²) in [5, 5.41) is 0.544. The minimum Gasteiger partial charge on any atom is -0.493 e. The predicted molar refractivity (Wildman–Crippen MR) is 157 cm³/mol. The predicted octanol–water partition coefficient (Wildman–Crippen LogP) is 5.00. The second-order valence-corrected chi connectivity index (χ2v) is 10.2. The van der Waals surface area contributed by atoms with E-state index in [1.54, 1.807) is 36.8 Å². The smallest absolute Gasteiger partial charge is 0.338 e. The summed E-state index contributed by atoms with van der Waals surface area (Å²) < 4.78 is 18.8. The number of carbonyl (C=O) groups excluding carboxylic acids is 1. The van der Waals surface area contributed by atoms with Crippen LogP contribution in [0.25, 0.3) is 11.8 Å². The lowest BCUT2D eigenvalue weighted by atomic mass is 9.93. The first-order chi connectivity index (χ1) is 19.5. The van der Waals surface area contributed by atoms with Crippen molar-refractivity contribution in [3.8, 4) is 11.5 Å². The highest BCUT2D eigenvalue weighted by atomic mass is 35.5.